The van der Waals surface area contributed by atoms with Crippen LogP contribution < -0.4 is 5.32 Å². The minimum absolute atomic E-state index is 0.242. The van der Waals surface area contributed by atoms with E-state index in [-0.39, 0.29) is 5.97 Å². The molecule has 0 radical (unpaired) electrons. The van der Waals surface area contributed by atoms with Crippen LogP contribution in [0.2, 0.25) is 0 Å². The van der Waals surface area contributed by atoms with Crippen molar-refractivity contribution < 1.29 is 9.53 Å². The van der Waals surface area contributed by atoms with Gasteiger partial charge in [0.05, 0.1) is 12.3 Å². The van der Waals surface area contributed by atoms with Gasteiger partial charge in [-0.1, -0.05) is 6.92 Å². The SMILES string of the molecule is CCCNC(C(=O)OCC)c1c(C)n[nH]c1C. The van der Waals surface area contributed by atoms with Gasteiger partial charge in [0, 0.05) is 11.3 Å². The van der Waals surface area contributed by atoms with Gasteiger partial charge in [-0.3, -0.25) is 5.10 Å². The summed E-state index contributed by atoms with van der Waals surface area (Å²) >= 11 is 0. The van der Waals surface area contributed by atoms with Crippen LogP contribution in [0.1, 0.15) is 43.3 Å². The number of nitrogens with one attached hydrogen (secondary N) is 2. The summed E-state index contributed by atoms with van der Waals surface area (Å²) in [5.74, 6) is -0.242. The average Bonchev–Trinajstić information content (AvgIpc) is 2.61. The van der Waals surface area contributed by atoms with E-state index in [1.807, 2.05) is 20.8 Å². The average molecular weight is 239 g/mol. The zero-order valence-electron chi connectivity index (χ0n) is 11.0. The Morgan fingerprint density at radius 2 is 2.18 bits per heavy atom. The summed E-state index contributed by atoms with van der Waals surface area (Å²) in [6, 6.07) is -0.423. The Morgan fingerprint density at radius 1 is 1.47 bits per heavy atom. The Balaban J connectivity index is 2.93. The van der Waals surface area contributed by atoms with Gasteiger partial charge in [-0.15, -0.1) is 0 Å². The number of hydrogen-bond acceptors (Lipinski definition) is 4. The first kappa shape index (κ1) is 13.7. The number of aryl methyl sites for hydroxylation is 2. The lowest BCUT2D eigenvalue weighted by Gasteiger charge is -2.17. The molecule has 0 saturated carbocycles. The molecule has 0 aliphatic carbocycles. The number of H-pyrrole nitrogens is 1. The topological polar surface area (TPSA) is 67.0 Å². The van der Waals surface area contributed by atoms with Crippen LogP contribution in [-0.2, 0) is 9.53 Å². The van der Waals surface area contributed by atoms with Gasteiger partial charge in [0.2, 0.25) is 0 Å². The van der Waals surface area contributed by atoms with Gasteiger partial charge in [0.1, 0.15) is 6.04 Å². The van der Waals surface area contributed by atoms with E-state index in [1.165, 1.54) is 0 Å². The molecule has 1 rings (SSSR count). The molecule has 1 aromatic rings. The van der Waals surface area contributed by atoms with E-state index in [1.54, 1.807) is 0 Å². The standard InChI is InChI=1S/C12H21N3O2/c1-5-7-13-11(12(16)17-6-2)10-8(3)14-15-9(10)4/h11,13H,5-7H2,1-4H3,(H,14,15). The number of aromatic amines is 1. The van der Waals surface area contributed by atoms with Crippen molar-refractivity contribution in [3.63, 3.8) is 0 Å². The van der Waals surface area contributed by atoms with Crippen molar-refractivity contribution in [2.24, 2.45) is 0 Å². The van der Waals surface area contributed by atoms with Gasteiger partial charge in [-0.05, 0) is 33.7 Å². The molecular weight excluding hydrogens is 218 g/mol. The van der Waals surface area contributed by atoms with Crippen LogP contribution in [0.4, 0.5) is 0 Å². The first-order valence-corrected chi connectivity index (χ1v) is 6.03. The molecule has 0 aliphatic heterocycles. The summed E-state index contributed by atoms with van der Waals surface area (Å²) < 4.78 is 5.09. The molecule has 2 N–H and O–H groups in total. The molecular formula is C12H21N3O2. The minimum atomic E-state index is -0.423. The zero-order chi connectivity index (χ0) is 12.8. The summed E-state index contributed by atoms with van der Waals surface area (Å²) in [7, 11) is 0. The second-order valence-electron chi connectivity index (χ2n) is 3.99. The summed E-state index contributed by atoms with van der Waals surface area (Å²) in [6.07, 6.45) is 0.964. The van der Waals surface area contributed by atoms with Crippen molar-refractivity contribution in [3.8, 4) is 0 Å². The fourth-order valence-corrected chi connectivity index (χ4v) is 1.80. The number of carbonyl (C=O) groups excluding carboxylic acids is 1. The van der Waals surface area contributed by atoms with E-state index in [4.69, 9.17) is 4.74 Å². The van der Waals surface area contributed by atoms with Gasteiger partial charge < -0.3 is 10.1 Å². The highest BCUT2D eigenvalue weighted by molar-refractivity contribution is 5.78. The minimum Gasteiger partial charge on any atom is -0.465 e. The highest BCUT2D eigenvalue weighted by Gasteiger charge is 2.26. The highest BCUT2D eigenvalue weighted by atomic mass is 16.5. The fraction of sp³-hybridized carbons (Fsp3) is 0.667. The third-order valence-electron chi connectivity index (χ3n) is 2.59. The molecule has 96 valence electrons. The molecule has 1 heterocycles. The normalized spacial score (nSPS) is 12.5. The highest BCUT2D eigenvalue weighted by Crippen LogP contribution is 2.20. The second kappa shape index (κ2) is 6.39. The smallest absolute Gasteiger partial charge is 0.327 e. The van der Waals surface area contributed by atoms with Gasteiger partial charge in [-0.2, -0.15) is 5.10 Å². The first-order chi connectivity index (χ1) is 8.11. The van der Waals surface area contributed by atoms with Crippen LogP contribution in [0, 0.1) is 13.8 Å². The third-order valence-corrected chi connectivity index (χ3v) is 2.59. The Kier molecular flexibility index (Phi) is 5.15. The molecule has 0 fully saturated rings. The molecule has 0 aromatic carbocycles. The van der Waals surface area contributed by atoms with Gasteiger partial charge in [-0.25, -0.2) is 4.79 Å². The Morgan fingerprint density at radius 3 is 2.65 bits per heavy atom. The summed E-state index contributed by atoms with van der Waals surface area (Å²) in [5.41, 5.74) is 2.64. The van der Waals surface area contributed by atoms with E-state index >= 15 is 0 Å². The second-order valence-corrected chi connectivity index (χ2v) is 3.99. The third kappa shape index (κ3) is 3.30. The van der Waals surface area contributed by atoms with E-state index in [9.17, 15) is 4.79 Å². The number of carbonyl (C=O) groups is 1. The lowest BCUT2D eigenvalue weighted by molar-refractivity contribution is -0.145. The van der Waals surface area contributed by atoms with Crippen molar-refractivity contribution in [2.45, 2.75) is 40.2 Å². The van der Waals surface area contributed by atoms with E-state index < -0.39 is 6.04 Å². The lowest BCUT2D eigenvalue weighted by atomic mass is 10.0. The molecule has 0 aliphatic rings. The summed E-state index contributed by atoms with van der Waals surface area (Å²) in [4.78, 5) is 11.9. The molecule has 5 heteroatoms. The zero-order valence-corrected chi connectivity index (χ0v) is 11.0. The maximum absolute atomic E-state index is 11.9. The number of esters is 1. The van der Waals surface area contributed by atoms with Crippen molar-refractivity contribution in [3.05, 3.63) is 17.0 Å². The van der Waals surface area contributed by atoms with Crippen LogP contribution in [0.15, 0.2) is 0 Å². The molecule has 0 bridgehead atoms. The van der Waals surface area contributed by atoms with Gasteiger partial charge >= 0.3 is 5.97 Å². The van der Waals surface area contributed by atoms with Gasteiger partial charge in [0.25, 0.3) is 0 Å². The monoisotopic (exact) mass is 239 g/mol. The molecule has 0 saturated heterocycles. The van der Waals surface area contributed by atoms with Crippen LogP contribution in [0.3, 0.4) is 0 Å². The van der Waals surface area contributed by atoms with Crippen LogP contribution in [-0.4, -0.2) is 29.3 Å². The number of nitrogens with zero attached hydrogens (tertiary/aromatic N) is 1. The number of ether oxygens (including phenoxy) is 1. The lowest BCUT2D eigenvalue weighted by Crippen LogP contribution is -2.31. The molecule has 1 atom stereocenters. The summed E-state index contributed by atoms with van der Waals surface area (Å²) in [6.45, 7) is 8.83. The number of rotatable bonds is 6. The van der Waals surface area contributed by atoms with Crippen molar-refractivity contribution in [1.82, 2.24) is 15.5 Å². The molecule has 1 aromatic heterocycles. The van der Waals surface area contributed by atoms with Gasteiger partial charge in [0.15, 0.2) is 0 Å². The number of hydrogen-bond donors (Lipinski definition) is 2. The van der Waals surface area contributed by atoms with Crippen LogP contribution in [0.25, 0.3) is 0 Å². The van der Waals surface area contributed by atoms with E-state index in [0.29, 0.717) is 6.61 Å². The summed E-state index contributed by atoms with van der Waals surface area (Å²) in [5, 5.41) is 10.2. The Bertz CT molecular complexity index is 354. The maximum atomic E-state index is 11.9. The molecule has 1 unspecified atom stereocenters. The number of aromatic nitrogens is 2. The quantitative estimate of drug-likeness (QED) is 0.740. The van der Waals surface area contributed by atoms with E-state index in [2.05, 4.69) is 22.4 Å². The van der Waals surface area contributed by atoms with Crippen LogP contribution >= 0.6 is 0 Å². The van der Waals surface area contributed by atoms with Crippen molar-refractivity contribution in [2.75, 3.05) is 13.2 Å². The van der Waals surface area contributed by atoms with E-state index in [0.717, 1.165) is 29.9 Å². The fourth-order valence-electron chi connectivity index (χ4n) is 1.80. The molecule has 0 spiro atoms. The van der Waals surface area contributed by atoms with Crippen molar-refractivity contribution in [1.29, 1.82) is 0 Å². The molecule has 17 heavy (non-hydrogen) atoms. The molecule has 0 amide bonds. The Hall–Kier alpha value is -1.36. The maximum Gasteiger partial charge on any atom is 0.327 e. The predicted molar refractivity (Wildman–Crippen MR) is 65.7 cm³/mol. The first-order valence-electron chi connectivity index (χ1n) is 6.03. The largest absolute Gasteiger partial charge is 0.465 e. The Labute approximate surface area is 102 Å². The van der Waals surface area contributed by atoms with Crippen molar-refractivity contribution >= 4 is 5.97 Å². The van der Waals surface area contributed by atoms with Crippen LogP contribution in [0.5, 0.6) is 0 Å². The predicted octanol–water partition coefficient (Wildman–Crippen LogP) is 1.63. The molecule has 5 nitrogen and oxygen atoms in total.